The highest BCUT2D eigenvalue weighted by Gasteiger charge is 2.20. The number of aromatic nitrogens is 1. The van der Waals surface area contributed by atoms with E-state index in [0.717, 1.165) is 43.4 Å². The normalized spacial score (nSPS) is 14.5. The molecule has 1 fully saturated rings. The van der Waals surface area contributed by atoms with Crippen LogP contribution in [0.4, 0.5) is 10.1 Å². The zero-order valence-corrected chi connectivity index (χ0v) is 26.1. The van der Waals surface area contributed by atoms with Crippen molar-refractivity contribution in [3.05, 3.63) is 90.9 Å². The van der Waals surface area contributed by atoms with Gasteiger partial charge in [0.25, 0.3) is 10.0 Å². The molecule has 234 valence electrons. The molecule has 10 heteroatoms. The van der Waals surface area contributed by atoms with Gasteiger partial charge in [0, 0.05) is 35.6 Å². The van der Waals surface area contributed by atoms with Gasteiger partial charge in [0.05, 0.1) is 29.8 Å². The molecule has 0 saturated carbocycles. The van der Waals surface area contributed by atoms with E-state index in [4.69, 9.17) is 14.2 Å². The Balaban J connectivity index is 1.16. The minimum Gasteiger partial charge on any atom is -0.493 e. The average Bonchev–Trinajstić information content (AvgIpc) is 3.04. The molecule has 5 aromatic rings. The molecule has 0 bridgehead atoms. The number of nitrogens with zero attached hydrogens (tertiary/aromatic N) is 2. The number of benzene rings is 4. The fourth-order valence-corrected chi connectivity index (χ4v) is 6.93. The molecule has 1 saturated heterocycles. The molecule has 0 unspecified atom stereocenters. The SMILES string of the molecule is COc1cc2c(Oc3ccc(NS(=O)(=O)c4cccc5ccccc45)cc3F)ccnc2cc1OCCCN1CCC(C)CC1. The first-order valence-corrected chi connectivity index (χ1v) is 16.6. The Labute approximate surface area is 262 Å². The monoisotopic (exact) mass is 629 g/mol. The molecule has 4 aromatic carbocycles. The lowest BCUT2D eigenvalue weighted by atomic mass is 9.99. The first-order chi connectivity index (χ1) is 21.8. The Bertz CT molecular complexity index is 1920. The van der Waals surface area contributed by atoms with Crippen LogP contribution in [0.15, 0.2) is 90.0 Å². The molecule has 0 spiro atoms. The predicted octanol–water partition coefficient (Wildman–Crippen LogP) is 7.63. The molecular formula is C35H36FN3O5S. The van der Waals surface area contributed by atoms with Gasteiger partial charge in [-0.25, -0.2) is 12.8 Å². The highest BCUT2D eigenvalue weighted by molar-refractivity contribution is 7.93. The highest BCUT2D eigenvalue weighted by Crippen LogP contribution is 2.38. The van der Waals surface area contributed by atoms with Crippen molar-refractivity contribution >= 4 is 37.4 Å². The third-order valence-electron chi connectivity index (χ3n) is 8.18. The lowest BCUT2D eigenvalue weighted by Crippen LogP contribution is -2.34. The van der Waals surface area contributed by atoms with Gasteiger partial charge < -0.3 is 19.1 Å². The van der Waals surface area contributed by atoms with E-state index < -0.39 is 15.8 Å². The third kappa shape index (κ3) is 6.97. The molecular weight excluding hydrogens is 593 g/mol. The smallest absolute Gasteiger partial charge is 0.262 e. The van der Waals surface area contributed by atoms with Gasteiger partial charge in [-0.3, -0.25) is 9.71 Å². The van der Waals surface area contributed by atoms with Crippen molar-refractivity contribution in [1.29, 1.82) is 0 Å². The van der Waals surface area contributed by atoms with Crippen LogP contribution in [0.3, 0.4) is 0 Å². The van der Waals surface area contributed by atoms with Crippen molar-refractivity contribution in [2.24, 2.45) is 5.92 Å². The van der Waals surface area contributed by atoms with E-state index in [-0.39, 0.29) is 16.3 Å². The lowest BCUT2D eigenvalue weighted by molar-refractivity contribution is 0.176. The number of ether oxygens (including phenoxy) is 3. The molecule has 45 heavy (non-hydrogen) atoms. The summed E-state index contributed by atoms with van der Waals surface area (Å²) >= 11 is 0. The third-order valence-corrected chi connectivity index (χ3v) is 9.62. The summed E-state index contributed by atoms with van der Waals surface area (Å²) < 4.78 is 61.8. The quantitative estimate of drug-likeness (QED) is 0.150. The average molecular weight is 630 g/mol. The van der Waals surface area contributed by atoms with Gasteiger partial charge in [0.1, 0.15) is 5.75 Å². The second-order valence-electron chi connectivity index (χ2n) is 11.4. The van der Waals surface area contributed by atoms with E-state index in [1.807, 2.05) is 18.2 Å². The molecule has 2 heterocycles. The first-order valence-electron chi connectivity index (χ1n) is 15.1. The topological polar surface area (TPSA) is 90.0 Å². The molecule has 1 N–H and O–H groups in total. The number of hydrogen-bond donors (Lipinski definition) is 1. The van der Waals surface area contributed by atoms with E-state index >= 15 is 4.39 Å². The number of fused-ring (bicyclic) bond motifs is 2. The second kappa shape index (κ2) is 13.3. The summed E-state index contributed by atoms with van der Waals surface area (Å²) in [6, 6.07) is 21.4. The van der Waals surface area contributed by atoms with Gasteiger partial charge in [-0.15, -0.1) is 0 Å². The van der Waals surface area contributed by atoms with Crippen LogP contribution >= 0.6 is 0 Å². The number of halogens is 1. The summed E-state index contributed by atoms with van der Waals surface area (Å²) in [5.74, 6) is 1.47. The number of likely N-dealkylation sites (tertiary alicyclic amines) is 1. The van der Waals surface area contributed by atoms with Crippen molar-refractivity contribution in [2.45, 2.75) is 31.1 Å². The Hall–Kier alpha value is -4.41. The summed E-state index contributed by atoms with van der Waals surface area (Å²) in [5, 5.41) is 1.98. The number of anilines is 1. The fourth-order valence-electron chi connectivity index (χ4n) is 5.65. The van der Waals surface area contributed by atoms with Gasteiger partial charge in [0.2, 0.25) is 0 Å². The van der Waals surface area contributed by atoms with Crippen molar-refractivity contribution in [1.82, 2.24) is 9.88 Å². The predicted molar refractivity (Wildman–Crippen MR) is 174 cm³/mol. The largest absolute Gasteiger partial charge is 0.493 e. The Morgan fingerprint density at radius 2 is 1.71 bits per heavy atom. The number of nitrogens with one attached hydrogen (secondary N) is 1. The molecule has 0 atom stereocenters. The molecule has 1 aromatic heterocycles. The molecule has 0 radical (unpaired) electrons. The molecule has 1 aliphatic rings. The minimum absolute atomic E-state index is 0.0676. The van der Waals surface area contributed by atoms with E-state index in [1.54, 1.807) is 49.7 Å². The Kier molecular flexibility index (Phi) is 9.04. The van der Waals surface area contributed by atoms with Crippen LogP contribution in [-0.2, 0) is 10.0 Å². The highest BCUT2D eigenvalue weighted by atomic mass is 32.2. The summed E-state index contributed by atoms with van der Waals surface area (Å²) in [4.78, 5) is 7.06. The van der Waals surface area contributed by atoms with Crippen LogP contribution < -0.4 is 18.9 Å². The molecule has 0 aliphatic carbocycles. The van der Waals surface area contributed by atoms with Crippen LogP contribution in [0.2, 0.25) is 0 Å². The number of hydrogen-bond acceptors (Lipinski definition) is 7. The van der Waals surface area contributed by atoms with Gasteiger partial charge in [-0.05, 0) is 74.0 Å². The fraction of sp³-hybridized carbons (Fsp3) is 0.286. The standard InChI is InChI=1S/C35H36FN3O5S/c1-24-14-18-39(19-15-24)17-6-20-43-34-23-30-28(22-33(34)42-2)31(13-16-37-30)44-32-12-11-26(21-29(32)36)38-45(40,41)35-10-5-8-25-7-3-4-9-27(25)35/h3-5,7-13,16,21-24,38H,6,14-15,17-20H2,1-2H3. The van der Waals surface area contributed by atoms with Crippen molar-refractivity contribution in [3.8, 4) is 23.0 Å². The number of rotatable bonds is 11. The van der Waals surface area contributed by atoms with Gasteiger partial charge >= 0.3 is 0 Å². The molecule has 8 nitrogen and oxygen atoms in total. The lowest BCUT2D eigenvalue weighted by Gasteiger charge is -2.30. The van der Waals surface area contributed by atoms with E-state index in [0.29, 0.717) is 40.1 Å². The van der Waals surface area contributed by atoms with Crippen LogP contribution in [0, 0.1) is 11.7 Å². The van der Waals surface area contributed by atoms with Gasteiger partial charge in [0.15, 0.2) is 23.1 Å². The maximum Gasteiger partial charge on any atom is 0.262 e. The maximum absolute atomic E-state index is 15.3. The zero-order valence-electron chi connectivity index (χ0n) is 25.3. The van der Waals surface area contributed by atoms with Crippen LogP contribution in [-0.4, -0.2) is 51.7 Å². The van der Waals surface area contributed by atoms with Gasteiger partial charge in [-0.2, -0.15) is 0 Å². The summed E-state index contributed by atoms with van der Waals surface area (Å²) in [7, 11) is -2.41. The van der Waals surface area contributed by atoms with E-state index in [9.17, 15) is 8.42 Å². The summed E-state index contributed by atoms with van der Waals surface area (Å²) in [6.45, 7) is 6.12. The Morgan fingerprint density at radius 3 is 2.51 bits per heavy atom. The van der Waals surface area contributed by atoms with Crippen LogP contribution in [0.1, 0.15) is 26.2 Å². The Morgan fingerprint density at radius 1 is 0.911 bits per heavy atom. The number of pyridine rings is 1. The van der Waals surface area contributed by atoms with Crippen LogP contribution in [0.25, 0.3) is 21.7 Å². The zero-order chi connectivity index (χ0) is 31.4. The summed E-state index contributed by atoms with van der Waals surface area (Å²) in [5.41, 5.74) is 0.680. The number of methoxy groups -OCH3 is 1. The van der Waals surface area contributed by atoms with Crippen LogP contribution in [0.5, 0.6) is 23.0 Å². The first kappa shape index (κ1) is 30.6. The maximum atomic E-state index is 15.3. The van der Waals surface area contributed by atoms with Gasteiger partial charge in [-0.1, -0.05) is 43.3 Å². The summed E-state index contributed by atoms with van der Waals surface area (Å²) in [6.07, 6.45) is 4.97. The molecule has 1 aliphatic heterocycles. The second-order valence-corrected chi connectivity index (χ2v) is 13.0. The van der Waals surface area contributed by atoms with Crippen molar-refractivity contribution in [3.63, 3.8) is 0 Å². The number of piperidine rings is 1. The minimum atomic E-state index is -3.98. The molecule has 6 rings (SSSR count). The van der Waals surface area contributed by atoms with Crippen molar-refractivity contribution < 1.29 is 27.0 Å². The number of sulfonamides is 1. The van der Waals surface area contributed by atoms with Crippen molar-refractivity contribution in [2.75, 3.05) is 38.1 Å². The van der Waals surface area contributed by atoms with E-state index in [1.165, 1.54) is 31.0 Å². The van der Waals surface area contributed by atoms with E-state index in [2.05, 4.69) is 21.5 Å². The molecule has 0 amide bonds.